The highest BCUT2D eigenvalue weighted by Gasteiger charge is 2.24. The lowest BCUT2D eigenvalue weighted by molar-refractivity contribution is 0.693. The molecular formula is C24H20. The maximum Gasteiger partial charge on any atom is 0.0187 e. The molecule has 1 unspecified atom stereocenters. The van der Waals surface area contributed by atoms with Gasteiger partial charge in [-0.2, -0.15) is 0 Å². The van der Waals surface area contributed by atoms with E-state index in [9.17, 15) is 0 Å². The predicted octanol–water partition coefficient (Wildman–Crippen LogP) is 6.09. The van der Waals surface area contributed by atoms with Crippen LogP contribution < -0.4 is 0 Å². The Balaban J connectivity index is 1.73. The van der Waals surface area contributed by atoms with Gasteiger partial charge < -0.3 is 0 Å². The quantitative estimate of drug-likeness (QED) is 0.547. The zero-order chi connectivity index (χ0) is 16.2. The lowest BCUT2D eigenvalue weighted by Gasteiger charge is -2.22. The Morgan fingerprint density at radius 2 is 1.08 bits per heavy atom. The van der Waals surface area contributed by atoms with Crippen LogP contribution in [0.25, 0.3) is 5.57 Å². The van der Waals surface area contributed by atoms with Crippen LogP contribution in [0.5, 0.6) is 0 Å². The minimum atomic E-state index is 0.352. The first-order valence-electron chi connectivity index (χ1n) is 8.47. The molecule has 0 aromatic heterocycles. The lowest BCUT2D eigenvalue weighted by atomic mass is 9.81. The van der Waals surface area contributed by atoms with E-state index in [0.717, 1.165) is 0 Å². The molecule has 3 aromatic rings. The largest absolute Gasteiger partial charge is 0.0760 e. The summed E-state index contributed by atoms with van der Waals surface area (Å²) in [5.74, 6) is 0.731. The molecule has 1 atom stereocenters. The average molecular weight is 308 g/mol. The van der Waals surface area contributed by atoms with Gasteiger partial charge in [0.05, 0.1) is 0 Å². The van der Waals surface area contributed by atoms with Crippen molar-refractivity contribution in [2.45, 2.75) is 5.92 Å². The van der Waals surface area contributed by atoms with E-state index in [1.165, 1.54) is 22.3 Å². The Kier molecular flexibility index (Phi) is 4.12. The first-order valence-corrected chi connectivity index (χ1v) is 8.47. The highest BCUT2D eigenvalue weighted by Crippen LogP contribution is 2.38. The molecule has 0 heteroatoms. The number of hydrogen-bond acceptors (Lipinski definition) is 0. The van der Waals surface area contributed by atoms with Gasteiger partial charge in [0, 0.05) is 11.8 Å². The fraction of sp³-hybridized carbons (Fsp3) is 0.0833. The van der Waals surface area contributed by atoms with Crippen LogP contribution in [0.4, 0.5) is 0 Å². The van der Waals surface area contributed by atoms with Crippen molar-refractivity contribution in [1.29, 1.82) is 0 Å². The van der Waals surface area contributed by atoms with Crippen molar-refractivity contribution in [3.8, 4) is 0 Å². The van der Waals surface area contributed by atoms with Crippen molar-refractivity contribution in [2.24, 2.45) is 5.92 Å². The van der Waals surface area contributed by atoms with E-state index < -0.39 is 0 Å². The second-order valence-corrected chi connectivity index (χ2v) is 6.22. The molecule has 0 spiro atoms. The molecule has 0 bridgehead atoms. The molecular weight excluding hydrogens is 288 g/mol. The van der Waals surface area contributed by atoms with Crippen molar-refractivity contribution < 1.29 is 0 Å². The normalized spacial score (nSPS) is 16.4. The highest BCUT2D eigenvalue weighted by molar-refractivity contribution is 5.77. The monoisotopic (exact) mass is 308 g/mol. The van der Waals surface area contributed by atoms with E-state index in [1.807, 2.05) is 0 Å². The molecule has 0 fully saturated rings. The Hall–Kier alpha value is -2.86. The van der Waals surface area contributed by atoms with Crippen molar-refractivity contribution in [2.75, 3.05) is 0 Å². The molecule has 0 heterocycles. The summed E-state index contributed by atoms with van der Waals surface area (Å²) in [4.78, 5) is 0. The van der Waals surface area contributed by atoms with Gasteiger partial charge in [0.1, 0.15) is 0 Å². The Morgan fingerprint density at radius 1 is 0.583 bits per heavy atom. The molecule has 0 nitrogen and oxygen atoms in total. The summed E-state index contributed by atoms with van der Waals surface area (Å²) in [7, 11) is 0. The molecule has 0 saturated heterocycles. The average Bonchev–Trinajstić information content (AvgIpc) is 3.14. The van der Waals surface area contributed by atoms with Crippen LogP contribution in [0.2, 0.25) is 0 Å². The SMILES string of the molecule is C1=CC(C(c2ccccc2)c2ccccc2)C=C1c1ccccc1. The van der Waals surface area contributed by atoms with Crippen molar-refractivity contribution >= 4 is 5.57 Å². The molecule has 24 heavy (non-hydrogen) atoms. The van der Waals surface area contributed by atoms with Gasteiger partial charge in [-0.15, -0.1) is 0 Å². The van der Waals surface area contributed by atoms with Crippen LogP contribution >= 0.6 is 0 Å². The van der Waals surface area contributed by atoms with Gasteiger partial charge in [-0.3, -0.25) is 0 Å². The molecule has 1 aliphatic rings. The zero-order valence-electron chi connectivity index (χ0n) is 13.5. The molecule has 116 valence electrons. The third-order valence-electron chi connectivity index (χ3n) is 4.68. The predicted molar refractivity (Wildman–Crippen MR) is 102 cm³/mol. The zero-order valence-corrected chi connectivity index (χ0v) is 13.5. The second-order valence-electron chi connectivity index (χ2n) is 6.22. The topological polar surface area (TPSA) is 0 Å². The van der Waals surface area contributed by atoms with Gasteiger partial charge in [-0.25, -0.2) is 0 Å². The third kappa shape index (κ3) is 2.96. The summed E-state index contributed by atoms with van der Waals surface area (Å²) in [6.45, 7) is 0. The summed E-state index contributed by atoms with van der Waals surface area (Å²) < 4.78 is 0. The smallest absolute Gasteiger partial charge is 0.0187 e. The Bertz CT molecular complexity index is 803. The van der Waals surface area contributed by atoms with Gasteiger partial charge in [-0.1, -0.05) is 109 Å². The molecule has 0 aliphatic heterocycles. The summed E-state index contributed by atoms with van der Waals surface area (Å²) in [5.41, 5.74) is 5.33. The Morgan fingerprint density at radius 3 is 1.62 bits per heavy atom. The van der Waals surface area contributed by atoms with Crippen LogP contribution in [-0.2, 0) is 0 Å². The van der Waals surface area contributed by atoms with Gasteiger partial charge in [0.15, 0.2) is 0 Å². The van der Waals surface area contributed by atoms with Gasteiger partial charge >= 0.3 is 0 Å². The third-order valence-corrected chi connectivity index (χ3v) is 4.68. The van der Waals surface area contributed by atoms with E-state index in [0.29, 0.717) is 11.8 Å². The van der Waals surface area contributed by atoms with Gasteiger partial charge in [0.25, 0.3) is 0 Å². The second kappa shape index (κ2) is 6.72. The van der Waals surface area contributed by atoms with Gasteiger partial charge in [-0.05, 0) is 22.3 Å². The first kappa shape index (κ1) is 14.7. The van der Waals surface area contributed by atoms with Crippen LogP contribution in [0.1, 0.15) is 22.6 Å². The summed E-state index contributed by atoms with van der Waals surface area (Å²) in [6.07, 6.45) is 7.01. The van der Waals surface area contributed by atoms with E-state index >= 15 is 0 Å². The Labute approximate surface area is 143 Å². The lowest BCUT2D eigenvalue weighted by Crippen LogP contribution is -2.09. The maximum atomic E-state index is 2.40. The molecule has 4 rings (SSSR count). The van der Waals surface area contributed by atoms with E-state index in [2.05, 4.69) is 109 Å². The summed E-state index contributed by atoms with van der Waals surface area (Å²) in [6, 6.07) is 32.3. The number of benzene rings is 3. The van der Waals surface area contributed by atoms with Crippen LogP contribution in [0, 0.1) is 5.92 Å². The molecule has 0 radical (unpaired) electrons. The number of allylic oxidation sites excluding steroid dienone is 4. The highest BCUT2D eigenvalue weighted by atomic mass is 14.3. The van der Waals surface area contributed by atoms with Crippen LogP contribution in [0.3, 0.4) is 0 Å². The standard InChI is InChI=1S/C24H20/c1-4-10-19(11-5-1)22-16-17-23(18-22)24(20-12-6-2-7-13-20)21-14-8-3-9-15-21/h1-18,23-24H. The maximum absolute atomic E-state index is 2.40. The number of rotatable bonds is 4. The molecule has 3 aromatic carbocycles. The van der Waals surface area contributed by atoms with Crippen LogP contribution in [0.15, 0.2) is 109 Å². The van der Waals surface area contributed by atoms with Crippen molar-refractivity contribution in [3.05, 3.63) is 126 Å². The number of hydrogen-bond donors (Lipinski definition) is 0. The van der Waals surface area contributed by atoms with E-state index in [1.54, 1.807) is 0 Å². The van der Waals surface area contributed by atoms with E-state index in [4.69, 9.17) is 0 Å². The molecule has 0 N–H and O–H groups in total. The van der Waals surface area contributed by atoms with Gasteiger partial charge in [0.2, 0.25) is 0 Å². The van der Waals surface area contributed by atoms with Crippen LogP contribution in [-0.4, -0.2) is 0 Å². The minimum absolute atomic E-state index is 0.352. The fourth-order valence-electron chi connectivity index (χ4n) is 3.52. The summed E-state index contributed by atoms with van der Waals surface area (Å²) >= 11 is 0. The summed E-state index contributed by atoms with van der Waals surface area (Å²) in [5, 5.41) is 0. The fourth-order valence-corrected chi connectivity index (χ4v) is 3.52. The molecule has 1 aliphatic carbocycles. The minimum Gasteiger partial charge on any atom is -0.0760 e. The van der Waals surface area contributed by atoms with E-state index in [-0.39, 0.29) is 0 Å². The molecule has 0 amide bonds. The molecule has 0 saturated carbocycles. The van der Waals surface area contributed by atoms with Crippen molar-refractivity contribution in [3.63, 3.8) is 0 Å². The first-order chi connectivity index (χ1) is 11.9. The van der Waals surface area contributed by atoms with Crippen molar-refractivity contribution in [1.82, 2.24) is 0 Å².